The average molecular weight is 591 g/mol. The molecule has 1 atom stereocenters. The highest BCUT2D eigenvalue weighted by Crippen LogP contribution is 2.39. The van der Waals surface area contributed by atoms with E-state index in [4.69, 9.17) is 0 Å². The number of rotatable bonds is 4. The summed E-state index contributed by atoms with van der Waals surface area (Å²) in [6.07, 6.45) is 9.79. The van der Waals surface area contributed by atoms with Crippen molar-refractivity contribution in [2.75, 3.05) is 4.90 Å². The van der Waals surface area contributed by atoms with Crippen LogP contribution in [-0.2, 0) is 6.42 Å². The van der Waals surface area contributed by atoms with E-state index in [-0.39, 0.29) is 6.04 Å². The van der Waals surface area contributed by atoms with Crippen LogP contribution in [0.5, 0.6) is 0 Å². The predicted molar refractivity (Wildman–Crippen MR) is 187 cm³/mol. The second-order valence-corrected chi connectivity index (χ2v) is 12.9. The van der Waals surface area contributed by atoms with Crippen molar-refractivity contribution < 1.29 is 0 Å². The number of benzene rings is 4. The molecule has 1 aliphatic rings. The van der Waals surface area contributed by atoms with E-state index in [0.717, 1.165) is 6.42 Å². The number of hydrogen-bond donors (Lipinski definition) is 0. The molecule has 7 aromatic rings. The Hall–Kier alpha value is -4.64. The molecule has 0 bridgehead atoms. The molecule has 0 saturated heterocycles. The van der Waals surface area contributed by atoms with Gasteiger partial charge in [0, 0.05) is 16.5 Å². The number of allylic oxidation sites excluding steroid dienone is 3. The van der Waals surface area contributed by atoms with E-state index in [9.17, 15) is 0 Å². The summed E-state index contributed by atoms with van der Waals surface area (Å²) < 4.78 is 2.39. The van der Waals surface area contributed by atoms with Gasteiger partial charge in [-0.25, -0.2) is 0 Å². The molecule has 4 aromatic carbocycles. The third kappa shape index (κ3) is 4.64. The molecular formula is C39H30N2S2. The monoisotopic (exact) mass is 590 g/mol. The Morgan fingerprint density at radius 1 is 0.605 bits per heavy atom. The molecule has 0 N–H and O–H groups in total. The van der Waals surface area contributed by atoms with Crippen molar-refractivity contribution in [1.29, 1.82) is 0 Å². The van der Waals surface area contributed by atoms with Crippen LogP contribution in [-0.4, -0.2) is 10.6 Å². The van der Waals surface area contributed by atoms with Gasteiger partial charge in [-0.05, 0) is 113 Å². The van der Waals surface area contributed by atoms with Gasteiger partial charge in [-0.3, -0.25) is 0 Å². The van der Waals surface area contributed by atoms with Gasteiger partial charge in [0.05, 0.1) is 27.1 Å². The first-order valence-corrected chi connectivity index (χ1v) is 16.5. The molecule has 0 amide bonds. The molecule has 0 spiro atoms. The lowest BCUT2D eigenvalue weighted by atomic mass is 9.95. The van der Waals surface area contributed by atoms with E-state index < -0.39 is 0 Å². The highest BCUT2D eigenvalue weighted by atomic mass is 32.1. The summed E-state index contributed by atoms with van der Waals surface area (Å²) in [7, 11) is 0. The summed E-state index contributed by atoms with van der Waals surface area (Å²) in [5.74, 6) is 0. The second-order valence-electron chi connectivity index (χ2n) is 11.0. The van der Waals surface area contributed by atoms with E-state index >= 15 is 0 Å². The highest BCUT2D eigenvalue weighted by molar-refractivity contribution is 7.14. The molecule has 4 heteroatoms. The van der Waals surface area contributed by atoms with Gasteiger partial charge < -0.3 is 9.47 Å². The minimum atomic E-state index is 0.259. The summed E-state index contributed by atoms with van der Waals surface area (Å²) >= 11 is 3.57. The zero-order valence-electron chi connectivity index (χ0n) is 23.9. The van der Waals surface area contributed by atoms with E-state index in [1.807, 2.05) is 0 Å². The molecule has 2 nitrogen and oxygen atoms in total. The van der Waals surface area contributed by atoms with Crippen LogP contribution >= 0.6 is 22.7 Å². The first-order valence-electron chi connectivity index (χ1n) is 14.7. The molecule has 3 aromatic heterocycles. The van der Waals surface area contributed by atoms with Crippen molar-refractivity contribution in [3.8, 4) is 27.3 Å². The molecule has 1 unspecified atom stereocenters. The Morgan fingerprint density at radius 2 is 1.33 bits per heavy atom. The maximum absolute atomic E-state index is 2.46. The fraction of sp³-hybridized carbons (Fsp3) is 0.0769. The average Bonchev–Trinajstić information content (AvgIpc) is 3.83. The van der Waals surface area contributed by atoms with Crippen molar-refractivity contribution in [2.45, 2.75) is 19.4 Å². The third-order valence-corrected chi connectivity index (χ3v) is 10.1. The van der Waals surface area contributed by atoms with E-state index in [2.05, 4.69) is 161 Å². The fourth-order valence-corrected chi connectivity index (χ4v) is 7.95. The Balaban J connectivity index is 1.21. The first-order chi connectivity index (χ1) is 21.2. The number of nitrogens with zero attached hydrogens (tertiary/aromatic N) is 2. The lowest BCUT2D eigenvalue weighted by molar-refractivity contribution is 0.868. The lowest BCUT2D eigenvalue weighted by Gasteiger charge is -2.30. The maximum Gasteiger partial charge on any atom is 0.0999 e. The highest BCUT2D eigenvalue weighted by Gasteiger charge is 2.20. The van der Waals surface area contributed by atoms with Gasteiger partial charge in [0.15, 0.2) is 0 Å². The summed E-state index contributed by atoms with van der Waals surface area (Å²) in [5.41, 5.74) is 10.1. The van der Waals surface area contributed by atoms with Gasteiger partial charge in [-0.1, -0.05) is 72.8 Å². The van der Waals surface area contributed by atoms with Crippen LogP contribution in [0, 0.1) is 0 Å². The van der Waals surface area contributed by atoms with E-state index in [1.54, 1.807) is 22.7 Å². The normalized spacial score (nSPS) is 16.5. The van der Waals surface area contributed by atoms with Gasteiger partial charge >= 0.3 is 0 Å². The minimum absolute atomic E-state index is 0.259. The Kier molecular flexibility index (Phi) is 6.59. The minimum Gasteiger partial charge on any atom is -0.326 e. The van der Waals surface area contributed by atoms with Crippen molar-refractivity contribution in [2.24, 2.45) is 0 Å². The van der Waals surface area contributed by atoms with Crippen molar-refractivity contribution in [1.82, 2.24) is 4.57 Å². The summed E-state index contributed by atoms with van der Waals surface area (Å²) in [6, 6.07) is 40.6. The van der Waals surface area contributed by atoms with Crippen molar-refractivity contribution >= 4 is 55.2 Å². The molecule has 8 rings (SSSR count). The van der Waals surface area contributed by atoms with Gasteiger partial charge in [0.2, 0.25) is 0 Å². The van der Waals surface area contributed by atoms with Crippen LogP contribution in [0.1, 0.15) is 12.5 Å². The molecule has 208 valence electrons. The molecule has 0 radical (unpaired) electrons. The van der Waals surface area contributed by atoms with Crippen LogP contribution in [0.3, 0.4) is 0 Å². The number of anilines is 2. The Morgan fingerprint density at radius 3 is 2.14 bits per heavy atom. The quantitative estimate of drug-likeness (QED) is 0.198. The van der Waals surface area contributed by atoms with Crippen molar-refractivity contribution in [3.05, 3.63) is 150 Å². The molecule has 1 aliphatic heterocycles. The molecule has 0 saturated carbocycles. The standard InChI is InChI=1S/C39H30N2S2/c1-27-10-3-2-4-11-32-25-30(18-20-35(32)40(27)38-16-8-22-42-38)28-12-7-13-29(24-28)31-19-21-37-34(26-31)33-14-5-6-15-36(33)41(37)39-17-9-23-43-39/h2-10,12-27H,11H2,1H3/b4-2-,10-3-. The van der Waals surface area contributed by atoms with Gasteiger partial charge in [-0.15, -0.1) is 22.7 Å². The van der Waals surface area contributed by atoms with Crippen LogP contribution in [0.15, 0.2) is 144 Å². The van der Waals surface area contributed by atoms with E-state index in [0.29, 0.717) is 0 Å². The molecule has 0 fully saturated rings. The number of para-hydroxylation sites is 1. The number of fused-ring (bicyclic) bond motifs is 4. The largest absolute Gasteiger partial charge is 0.326 e. The Labute approximate surface area is 260 Å². The van der Waals surface area contributed by atoms with E-state index in [1.165, 1.54) is 65.3 Å². The number of thiophene rings is 2. The van der Waals surface area contributed by atoms with Crippen LogP contribution in [0.4, 0.5) is 10.7 Å². The lowest BCUT2D eigenvalue weighted by Crippen LogP contribution is -2.26. The zero-order chi connectivity index (χ0) is 28.8. The molecule has 43 heavy (non-hydrogen) atoms. The summed E-state index contributed by atoms with van der Waals surface area (Å²) in [4.78, 5) is 2.46. The fourth-order valence-electron chi connectivity index (χ4n) is 6.36. The number of hydrogen-bond acceptors (Lipinski definition) is 3. The SMILES string of the molecule is CC1/C=C\C=C/Cc2cc(-c3cccc(-c4ccc5c(c4)c4ccccc4n5-c4cccs4)c3)ccc2N1c1cccs1. The number of aromatic nitrogens is 1. The van der Waals surface area contributed by atoms with Crippen LogP contribution in [0.25, 0.3) is 49.1 Å². The van der Waals surface area contributed by atoms with Gasteiger partial charge in [0.25, 0.3) is 0 Å². The zero-order valence-corrected chi connectivity index (χ0v) is 25.5. The van der Waals surface area contributed by atoms with Crippen LogP contribution < -0.4 is 4.90 Å². The predicted octanol–water partition coefficient (Wildman–Crippen LogP) is 11.4. The van der Waals surface area contributed by atoms with Crippen molar-refractivity contribution in [3.63, 3.8) is 0 Å². The molecule has 4 heterocycles. The topological polar surface area (TPSA) is 8.17 Å². The smallest absolute Gasteiger partial charge is 0.0999 e. The van der Waals surface area contributed by atoms with Gasteiger partial charge in [0.1, 0.15) is 0 Å². The summed E-state index contributed by atoms with van der Waals surface area (Å²) in [6.45, 7) is 2.27. The first kappa shape index (κ1) is 26.0. The Bertz CT molecular complexity index is 2130. The van der Waals surface area contributed by atoms with Crippen LogP contribution in [0.2, 0.25) is 0 Å². The molecule has 0 aliphatic carbocycles. The summed E-state index contributed by atoms with van der Waals surface area (Å²) in [5, 5.41) is 9.39. The van der Waals surface area contributed by atoms with Gasteiger partial charge in [-0.2, -0.15) is 0 Å². The third-order valence-electron chi connectivity index (χ3n) is 8.39. The maximum atomic E-state index is 2.46. The molecular weight excluding hydrogens is 561 g/mol. The second kappa shape index (κ2) is 10.9.